The molecule has 2 rings (SSSR count). The Labute approximate surface area is 162 Å². The van der Waals surface area contributed by atoms with E-state index in [1.54, 1.807) is 0 Å². The first kappa shape index (κ1) is 21.0. The molecule has 1 heterocycles. The molecule has 1 saturated heterocycles. The maximum atomic E-state index is 12.0. The predicted molar refractivity (Wildman–Crippen MR) is 110 cm³/mol. The third-order valence-electron chi connectivity index (χ3n) is 4.03. The van der Waals surface area contributed by atoms with E-state index in [0.717, 1.165) is 38.4 Å². The Morgan fingerprint density at radius 3 is 2.56 bits per heavy atom. The third kappa shape index (κ3) is 7.46. The van der Waals surface area contributed by atoms with Crippen LogP contribution in [0.1, 0.15) is 33.3 Å². The van der Waals surface area contributed by atoms with Crippen molar-refractivity contribution in [2.24, 2.45) is 4.99 Å². The Bertz CT molecular complexity index is 634. The largest absolute Gasteiger partial charge is 0.378 e. The van der Waals surface area contributed by atoms with Crippen LogP contribution < -0.4 is 20.9 Å². The summed E-state index contributed by atoms with van der Waals surface area (Å²) in [5.74, 6) is 0.583. The topological polar surface area (TPSA) is 78.0 Å². The van der Waals surface area contributed by atoms with Crippen LogP contribution >= 0.6 is 0 Å². The molecule has 27 heavy (non-hydrogen) atoms. The lowest BCUT2D eigenvalue weighted by Crippen LogP contribution is -2.48. The van der Waals surface area contributed by atoms with E-state index in [2.05, 4.69) is 44.0 Å². The zero-order chi connectivity index (χ0) is 19.7. The van der Waals surface area contributed by atoms with Gasteiger partial charge in [0.15, 0.2) is 5.96 Å². The second kappa shape index (κ2) is 10.2. The summed E-state index contributed by atoms with van der Waals surface area (Å²) in [7, 11) is 0. The van der Waals surface area contributed by atoms with E-state index < -0.39 is 0 Å². The van der Waals surface area contributed by atoms with Gasteiger partial charge in [-0.3, -0.25) is 4.79 Å². The number of benzene rings is 1. The first-order chi connectivity index (χ1) is 12.9. The number of aliphatic imine (C=N–C) groups is 1. The van der Waals surface area contributed by atoms with Crippen molar-refractivity contribution in [2.75, 3.05) is 44.3 Å². The highest BCUT2D eigenvalue weighted by molar-refractivity contribution is 5.86. The van der Waals surface area contributed by atoms with Gasteiger partial charge in [-0.2, -0.15) is 0 Å². The number of anilines is 1. The van der Waals surface area contributed by atoms with Gasteiger partial charge in [-0.15, -0.1) is 0 Å². The van der Waals surface area contributed by atoms with E-state index in [1.165, 1.54) is 5.69 Å². The molecule has 3 N–H and O–H groups in total. The Balaban J connectivity index is 2.01. The van der Waals surface area contributed by atoms with E-state index >= 15 is 0 Å². The smallest absolute Gasteiger partial charge is 0.239 e. The van der Waals surface area contributed by atoms with E-state index in [0.29, 0.717) is 12.5 Å². The van der Waals surface area contributed by atoms with Gasteiger partial charge in [0.05, 0.1) is 26.3 Å². The van der Waals surface area contributed by atoms with Crippen molar-refractivity contribution in [1.29, 1.82) is 0 Å². The van der Waals surface area contributed by atoms with E-state index in [9.17, 15) is 4.79 Å². The molecule has 1 aromatic rings. The maximum absolute atomic E-state index is 12.0. The molecule has 0 aliphatic carbocycles. The molecule has 7 nitrogen and oxygen atoms in total. The van der Waals surface area contributed by atoms with Gasteiger partial charge in [0.2, 0.25) is 5.91 Å². The number of para-hydroxylation sites is 1. The number of hydrogen-bond acceptors (Lipinski definition) is 4. The highest BCUT2D eigenvalue weighted by Crippen LogP contribution is 2.22. The van der Waals surface area contributed by atoms with Crippen LogP contribution in [0.25, 0.3) is 0 Å². The van der Waals surface area contributed by atoms with Crippen LogP contribution in [0.4, 0.5) is 5.69 Å². The molecule has 0 spiro atoms. The standard InChI is InChI=1S/C20H33N5O2/c1-5-21-19(23-15-18(26)24-20(2,3)4)22-14-16-8-6-7-9-17(16)25-10-12-27-13-11-25/h6-9H,5,10-15H2,1-4H3,(H,24,26)(H2,21,22,23). The number of morpholine rings is 1. The molecule has 0 unspecified atom stereocenters. The van der Waals surface area contributed by atoms with E-state index in [-0.39, 0.29) is 18.0 Å². The molecule has 1 amide bonds. The molecule has 150 valence electrons. The summed E-state index contributed by atoms with van der Waals surface area (Å²) in [5.41, 5.74) is 2.12. The summed E-state index contributed by atoms with van der Waals surface area (Å²) in [4.78, 5) is 19.0. The molecule has 1 aliphatic heterocycles. The molecular weight excluding hydrogens is 342 g/mol. The van der Waals surface area contributed by atoms with Crippen molar-refractivity contribution < 1.29 is 9.53 Å². The predicted octanol–water partition coefficient (Wildman–Crippen LogP) is 1.49. The van der Waals surface area contributed by atoms with Crippen molar-refractivity contribution in [2.45, 2.75) is 39.8 Å². The fraction of sp³-hybridized carbons (Fsp3) is 0.600. The Kier molecular flexibility index (Phi) is 7.91. The number of nitrogens with zero attached hydrogens (tertiary/aromatic N) is 2. The van der Waals surface area contributed by atoms with Gasteiger partial charge < -0.3 is 25.6 Å². The average Bonchev–Trinajstić information content (AvgIpc) is 2.63. The van der Waals surface area contributed by atoms with Crippen LogP contribution in [0.2, 0.25) is 0 Å². The zero-order valence-electron chi connectivity index (χ0n) is 17.0. The lowest BCUT2D eigenvalue weighted by Gasteiger charge is -2.30. The minimum absolute atomic E-state index is 0.0539. The number of amides is 1. The molecule has 0 atom stereocenters. The number of ether oxygens (including phenoxy) is 1. The maximum Gasteiger partial charge on any atom is 0.239 e. The van der Waals surface area contributed by atoms with E-state index in [1.807, 2.05) is 33.8 Å². The van der Waals surface area contributed by atoms with Crippen molar-refractivity contribution in [3.63, 3.8) is 0 Å². The SMILES string of the molecule is CCNC(=NCc1ccccc1N1CCOCC1)NCC(=O)NC(C)(C)C. The zero-order valence-corrected chi connectivity index (χ0v) is 17.0. The quantitative estimate of drug-likeness (QED) is 0.519. The highest BCUT2D eigenvalue weighted by Gasteiger charge is 2.15. The van der Waals surface area contributed by atoms with Gasteiger partial charge in [0.25, 0.3) is 0 Å². The van der Waals surface area contributed by atoms with Gasteiger partial charge in [0.1, 0.15) is 0 Å². The molecular formula is C20H33N5O2. The van der Waals surface area contributed by atoms with Crippen molar-refractivity contribution in [3.8, 4) is 0 Å². The molecule has 1 fully saturated rings. The van der Waals surface area contributed by atoms with Gasteiger partial charge in [0, 0.05) is 30.9 Å². The number of carbonyl (C=O) groups is 1. The van der Waals surface area contributed by atoms with Crippen LogP contribution in [-0.4, -0.2) is 56.8 Å². The number of carbonyl (C=O) groups excluding carboxylic acids is 1. The van der Waals surface area contributed by atoms with Crippen molar-refractivity contribution >= 4 is 17.6 Å². The third-order valence-corrected chi connectivity index (χ3v) is 4.03. The Morgan fingerprint density at radius 2 is 1.89 bits per heavy atom. The summed E-state index contributed by atoms with van der Waals surface area (Å²) in [5, 5.41) is 9.24. The molecule has 0 saturated carbocycles. The average molecular weight is 376 g/mol. The normalized spacial score (nSPS) is 15.4. The summed E-state index contributed by atoms with van der Waals surface area (Å²) < 4.78 is 5.45. The summed E-state index contributed by atoms with van der Waals surface area (Å²) in [6, 6.07) is 8.32. The number of nitrogens with one attached hydrogen (secondary N) is 3. The Hall–Kier alpha value is -2.28. The molecule has 0 aromatic heterocycles. The van der Waals surface area contributed by atoms with Gasteiger partial charge in [-0.25, -0.2) is 4.99 Å². The first-order valence-electron chi connectivity index (χ1n) is 9.63. The molecule has 0 radical (unpaired) electrons. The molecule has 7 heteroatoms. The van der Waals surface area contributed by atoms with Gasteiger partial charge >= 0.3 is 0 Å². The van der Waals surface area contributed by atoms with Crippen LogP contribution in [0, 0.1) is 0 Å². The first-order valence-corrected chi connectivity index (χ1v) is 9.63. The summed E-state index contributed by atoms with van der Waals surface area (Å²) in [6.07, 6.45) is 0. The number of guanidine groups is 1. The van der Waals surface area contributed by atoms with Crippen molar-refractivity contribution in [3.05, 3.63) is 29.8 Å². The summed E-state index contributed by atoms with van der Waals surface area (Å²) in [6.45, 7) is 12.7. The van der Waals surface area contributed by atoms with Gasteiger partial charge in [-0.05, 0) is 39.3 Å². The second-order valence-corrected chi connectivity index (χ2v) is 7.58. The van der Waals surface area contributed by atoms with Crippen LogP contribution in [0.15, 0.2) is 29.3 Å². The van der Waals surface area contributed by atoms with Crippen molar-refractivity contribution in [1.82, 2.24) is 16.0 Å². The number of rotatable bonds is 6. The van der Waals surface area contributed by atoms with E-state index in [4.69, 9.17) is 4.74 Å². The monoisotopic (exact) mass is 375 g/mol. The Morgan fingerprint density at radius 1 is 1.19 bits per heavy atom. The highest BCUT2D eigenvalue weighted by atomic mass is 16.5. The molecule has 1 aliphatic rings. The summed E-state index contributed by atoms with van der Waals surface area (Å²) >= 11 is 0. The lowest BCUT2D eigenvalue weighted by molar-refractivity contribution is -0.121. The molecule has 0 bridgehead atoms. The second-order valence-electron chi connectivity index (χ2n) is 7.58. The van der Waals surface area contributed by atoms with Gasteiger partial charge in [-0.1, -0.05) is 18.2 Å². The van der Waals surface area contributed by atoms with Crippen LogP contribution in [0.5, 0.6) is 0 Å². The molecule has 1 aromatic carbocycles. The minimum Gasteiger partial charge on any atom is -0.378 e. The minimum atomic E-state index is -0.245. The van der Waals surface area contributed by atoms with Crippen LogP contribution in [0.3, 0.4) is 0 Å². The number of hydrogen-bond donors (Lipinski definition) is 3. The van der Waals surface area contributed by atoms with Crippen LogP contribution in [-0.2, 0) is 16.1 Å². The lowest BCUT2D eigenvalue weighted by atomic mass is 10.1. The fourth-order valence-corrected chi connectivity index (χ4v) is 2.89. The fourth-order valence-electron chi connectivity index (χ4n) is 2.89.